The lowest BCUT2D eigenvalue weighted by atomic mass is 10.2. The van der Waals surface area contributed by atoms with E-state index in [0.29, 0.717) is 13.1 Å². The molecule has 0 saturated carbocycles. The van der Waals surface area contributed by atoms with Gasteiger partial charge in [-0.15, -0.1) is 23.5 Å². The van der Waals surface area contributed by atoms with Crippen LogP contribution < -0.4 is 33.6 Å². The van der Waals surface area contributed by atoms with Gasteiger partial charge in [0.25, 0.3) is 0 Å². The number of thioether (sulfide) groups is 2. The Morgan fingerprint density at radius 1 is 0.545 bits per heavy atom. The molecule has 0 aliphatic carbocycles. The smallest absolute Gasteiger partial charge is 0.218 e. The predicted octanol–water partition coefficient (Wildman–Crippen LogP) is 6.59. The first-order valence-corrected chi connectivity index (χ1v) is 17.6. The van der Waals surface area contributed by atoms with Gasteiger partial charge in [0.1, 0.15) is 0 Å². The van der Waals surface area contributed by atoms with Crippen LogP contribution in [0.5, 0.6) is 0 Å². The maximum Gasteiger partial charge on any atom is 0.218 e. The van der Waals surface area contributed by atoms with Crippen LogP contribution in [0.15, 0.2) is 78.3 Å². The van der Waals surface area contributed by atoms with Crippen molar-refractivity contribution in [1.29, 1.82) is 0 Å². The van der Waals surface area contributed by atoms with Gasteiger partial charge in [-0.1, -0.05) is 52.4 Å². The van der Waals surface area contributed by atoms with E-state index in [1.165, 1.54) is 48.3 Å². The SMILES string of the molecule is CCCCCSc1ccc(NC(N)=NC(N)=NCCCCCCN=C(N)N=C(N)Nc2ccc(SCCCCC)cc2)cc1. The summed E-state index contributed by atoms with van der Waals surface area (Å²) in [5.41, 5.74) is 25.6. The van der Waals surface area contributed by atoms with Crippen LogP contribution in [0.4, 0.5) is 11.4 Å². The minimum Gasteiger partial charge on any atom is -0.369 e. The number of benzene rings is 2. The Bertz CT molecular complexity index is 1090. The largest absolute Gasteiger partial charge is 0.369 e. The number of guanidine groups is 4. The predicted molar refractivity (Wildman–Crippen MR) is 195 cm³/mol. The summed E-state index contributed by atoms with van der Waals surface area (Å²) in [6, 6.07) is 16.3. The van der Waals surface area contributed by atoms with Crippen LogP contribution in [0.1, 0.15) is 78.1 Å². The second-order valence-corrected chi connectivity index (χ2v) is 12.6. The number of nitrogens with one attached hydrogen (secondary N) is 2. The first-order valence-electron chi connectivity index (χ1n) is 15.7. The number of aliphatic imine (C=N–C) groups is 4. The zero-order valence-corrected chi connectivity index (χ0v) is 28.1. The number of hydrogen-bond donors (Lipinski definition) is 6. The van der Waals surface area contributed by atoms with E-state index in [4.69, 9.17) is 22.9 Å². The van der Waals surface area contributed by atoms with Crippen molar-refractivity contribution in [3.63, 3.8) is 0 Å². The van der Waals surface area contributed by atoms with Gasteiger partial charge in [0.15, 0.2) is 0 Å². The number of nitrogens with two attached hydrogens (primary N) is 4. The van der Waals surface area contributed by atoms with Crippen LogP contribution in [0.25, 0.3) is 0 Å². The molecule has 44 heavy (non-hydrogen) atoms. The van der Waals surface area contributed by atoms with Crippen LogP contribution >= 0.6 is 23.5 Å². The number of rotatable bonds is 19. The molecule has 0 spiro atoms. The molecular weight excluding hydrogens is 589 g/mol. The molecule has 0 aliphatic rings. The second kappa shape index (κ2) is 23.1. The topological polar surface area (TPSA) is 178 Å². The standard InChI is InChI=1S/C32H52N10S2/c1-3-5-11-23-43-27-17-13-25(14-18-27)39-31(35)41-29(33)37-21-9-7-8-10-22-38-30(34)42-32(36)40-26-15-19-28(20-16-26)44-24-12-6-4-2/h13-20H,3-12,21-24H2,1-2H3,(H5,33,35,37,39,41)(H5,34,36,38,40,42). The van der Waals surface area contributed by atoms with Crippen LogP contribution in [-0.2, 0) is 0 Å². The lowest BCUT2D eigenvalue weighted by Crippen LogP contribution is -2.26. The highest BCUT2D eigenvalue weighted by Crippen LogP contribution is 2.22. The van der Waals surface area contributed by atoms with E-state index in [1.807, 2.05) is 47.8 Å². The highest BCUT2D eigenvalue weighted by Gasteiger charge is 2.01. The van der Waals surface area contributed by atoms with Gasteiger partial charge < -0.3 is 33.6 Å². The lowest BCUT2D eigenvalue weighted by molar-refractivity contribution is 0.653. The van der Waals surface area contributed by atoms with Gasteiger partial charge >= 0.3 is 0 Å². The first kappa shape index (κ1) is 36.8. The molecule has 2 aromatic rings. The summed E-state index contributed by atoms with van der Waals surface area (Å²) < 4.78 is 0. The molecule has 0 fully saturated rings. The van der Waals surface area contributed by atoms with Crippen LogP contribution in [0.3, 0.4) is 0 Å². The molecule has 0 bridgehead atoms. The third-order valence-electron chi connectivity index (χ3n) is 6.37. The Hall–Kier alpha value is -3.38. The van der Waals surface area contributed by atoms with Crippen LogP contribution in [0, 0.1) is 0 Å². The summed E-state index contributed by atoms with van der Waals surface area (Å²) >= 11 is 3.74. The number of nitrogens with zero attached hydrogens (tertiary/aromatic N) is 4. The van der Waals surface area contributed by atoms with Crippen molar-refractivity contribution >= 4 is 58.7 Å². The summed E-state index contributed by atoms with van der Waals surface area (Å²) in [4.78, 5) is 19.4. The van der Waals surface area contributed by atoms with Crippen molar-refractivity contribution in [2.75, 3.05) is 35.2 Å². The van der Waals surface area contributed by atoms with Crippen molar-refractivity contribution in [3.05, 3.63) is 48.5 Å². The van der Waals surface area contributed by atoms with E-state index in [9.17, 15) is 0 Å². The molecule has 0 aromatic heterocycles. The van der Waals surface area contributed by atoms with Crippen molar-refractivity contribution in [1.82, 2.24) is 0 Å². The van der Waals surface area contributed by atoms with E-state index in [1.54, 1.807) is 0 Å². The number of hydrogen-bond acceptors (Lipinski definition) is 4. The van der Waals surface area contributed by atoms with E-state index in [2.05, 4.69) is 68.7 Å². The summed E-state index contributed by atoms with van der Waals surface area (Å²) in [5.74, 6) is 3.03. The first-order chi connectivity index (χ1) is 21.4. The van der Waals surface area contributed by atoms with Gasteiger partial charge in [0, 0.05) is 34.3 Å². The highest BCUT2D eigenvalue weighted by molar-refractivity contribution is 7.99. The molecule has 0 radical (unpaired) electrons. The fraction of sp³-hybridized carbons (Fsp3) is 0.500. The summed E-state index contributed by atoms with van der Waals surface area (Å²) in [6.45, 7) is 5.61. The highest BCUT2D eigenvalue weighted by atomic mass is 32.2. The molecule has 0 amide bonds. The van der Waals surface area contributed by atoms with E-state index < -0.39 is 0 Å². The van der Waals surface area contributed by atoms with E-state index in [-0.39, 0.29) is 23.8 Å². The Labute approximate surface area is 272 Å². The molecule has 0 atom stereocenters. The molecule has 0 aliphatic heterocycles. The lowest BCUT2D eigenvalue weighted by Gasteiger charge is -2.07. The van der Waals surface area contributed by atoms with Crippen molar-refractivity contribution in [2.24, 2.45) is 42.9 Å². The quantitative estimate of drug-likeness (QED) is 0.0431. The maximum atomic E-state index is 5.99. The van der Waals surface area contributed by atoms with Gasteiger partial charge in [-0.3, -0.25) is 9.98 Å². The van der Waals surface area contributed by atoms with Gasteiger partial charge in [-0.05, 0) is 85.7 Å². The Balaban J connectivity index is 1.60. The van der Waals surface area contributed by atoms with Gasteiger partial charge in [0.2, 0.25) is 23.8 Å². The minimum atomic E-state index is 0.164. The molecule has 2 aromatic carbocycles. The average Bonchev–Trinajstić information content (AvgIpc) is 3.00. The second-order valence-electron chi connectivity index (χ2n) is 10.3. The van der Waals surface area contributed by atoms with Crippen molar-refractivity contribution in [3.8, 4) is 0 Å². The Morgan fingerprint density at radius 3 is 1.30 bits per heavy atom. The fourth-order valence-electron chi connectivity index (χ4n) is 3.99. The molecule has 2 rings (SSSR count). The van der Waals surface area contributed by atoms with Gasteiger partial charge in [0.05, 0.1) is 0 Å². The summed E-state index contributed by atoms with van der Waals surface area (Å²) in [7, 11) is 0. The molecule has 242 valence electrons. The molecule has 0 unspecified atom stereocenters. The summed E-state index contributed by atoms with van der Waals surface area (Å²) in [5, 5.41) is 6.12. The summed E-state index contributed by atoms with van der Waals surface area (Å²) in [6.07, 6.45) is 11.3. The van der Waals surface area contributed by atoms with Crippen molar-refractivity contribution in [2.45, 2.75) is 87.8 Å². The molecule has 0 saturated heterocycles. The van der Waals surface area contributed by atoms with E-state index >= 15 is 0 Å². The number of anilines is 2. The molecule has 10 N–H and O–H groups in total. The van der Waals surface area contributed by atoms with E-state index in [0.717, 1.165) is 48.6 Å². The number of unbranched alkanes of at least 4 members (excludes halogenated alkanes) is 7. The molecule has 0 heterocycles. The molecule has 10 nitrogen and oxygen atoms in total. The zero-order valence-electron chi connectivity index (χ0n) is 26.4. The van der Waals surface area contributed by atoms with Crippen LogP contribution in [-0.4, -0.2) is 48.4 Å². The zero-order chi connectivity index (χ0) is 31.8. The van der Waals surface area contributed by atoms with Crippen LogP contribution in [0.2, 0.25) is 0 Å². The average molecular weight is 641 g/mol. The Kier molecular flexibility index (Phi) is 19.3. The normalized spacial score (nSPS) is 12.9. The third kappa shape index (κ3) is 17.7. The maximum absolute atomic E-state index is 5.99. The monoisotopic (exact) mass is 640 g/mol. The molecular formula is C32H52N10S2. The van der Waals surface area contributed by atoms with Gasteiger partial charge in [-0.25, -0.2) is 0 Å². The minimum absolute atomic E-state index is 0.164. The Morgan fingerprint density at radius 2 is 0.932 bits per heavy atom. The van der Waals surface area contributed by atoms with Crippen molar-refractivity contribution < 1.29 is 0 Å². The third-order valence-corrected chi connectivity index (χ3v) is 8.57. The molecule has 12 heteroatoms. The fourth-order valence-corrected chi connectivity index (χ4v) is 5.81. The van der Waals surface area contributed by atoms with Gasteiger partial charge in [-0.2, -0.15) is 9.98 Å².